The third-order valence-electron chi connectivity index (χ3n) is 2.91. The average molecular weight is 262 g/mol. The number of hydrogen-bond acceptors (Lipinski definition) is 5. The highest BCUT2D eigenvalue weighted by Gasteiger charge is 2.17. The minimum atomic E-state index is -0.486. The smallest absolute Gasteiger partial charge is 0.340 e. The predicted octanol–water partition coefficient (Wildman–Crippen LogP) is 1.25. The van der Waals surface area contributed by atoms with E-state index in [9.17, 15) is 9.59 Å². The minimum Gasteiger partial charge on any atom is -0.486 e. The molecular formula is C13H14N2O4. The van der Waals surface area contributed by atoms with Crippen molar-refractivity contribution in [1.29, 1.82) is 0 Å². The number of aryl methyl sites for hydroxylation is 2. The van der Waals surface area contributed by atoms with Gasteiger partial charge in [-0.05, 0) is 13.0 Å². The van der Waals surface area contributed by atoms with Crippen LogP contribution in [-0.4, -0.2) is 35.5 Å². The second-order valence-electron chi connectivity index (χ2n) is 4.03. The second kappa shape index (κ2) is 5.09. The number of methoxy groups -OCH3 is 1. The van der Waals surface area contributed by atoms with Crippen LogP contribution < -0.4 is 4.74 Å². The summed E-state index contributed by atoms with van der Waals surface area (Å²) in [4.78, 5) is 26.5. The van der Waals surface area contributed by atoms with Gasteiger partial charge in [-0.3, -0.25) is 4.79 Å². The fourth-order valence-corrected chi connectivity index (χ4v) is 1.86. The Labute approximate surface area is 109 Å². The summed E-state index contributed by atoms with van der Waals surface area (Å²) in [5.41, 5.74) is 1.64. The van der Waals surface area contributed by atoms with Gasteiger partial charge >= 0.3 is 5.97 Å². The average Bonchev–Trinajstić information content (AvgIpc) is 2.71. The summed E-state index contributed by atoms with van der Waals surface area (Å²) in [5.74, 6) is 0.718. The molecule has 100 valence electrons. The van der Waals surface area contributed by atoms with Gasteiger partial charge in [0.15, 0.2) is 6.29 Å². The number of imidazole rings is 1. The second-order valence-corrected chi connectivity index (χ2v) is 4.03. The monoisotopic (exact) mass is 262 g/mol. The Balaban J connectivity index is 2.65. The van der Waals surface area contributed by atoms with Crippen molar-refractivity contribution in [2.45, 2.75) is 6.92 Å². The van der Waals surface area contributed by atoms with Crippen LogP contribution in [0, 0.1) is 6.92 Å². The van der Waals surface area contributed by atoms with Crippen LogP contribution in [0.5, 0.6) is 5.75 Å². The summed E-state index contributed by atoms with van der Waals surface area (Å²) in [6.07, 6.45) is 0.649. The van der Waals surface area contributed by atoms with Gasteiger partial charge in [0, 0.05) is 13.1 Å². The van der Waals surface area contributed by atoms with Gasteiger partial charge in [-0.25, -0.2) is 9.78 Å². The van der Waals surface area contributed by atoms with E-state index in [0.29, 0.717) is 23.1 Å². The summed E-state index contributed by atoms with van der Waals surface area (Å²) >= 11 is 0. The van der Waals surface area contributed by atoms with Crippen LogP contribution in [0.2, 0.25) is 0 Å². The normalized spacial score (nSPS) is 10.5. The van der Waals surface area contributed by atoms with Crippen LogP contribution in [0.3, 0.4) is 0 Å². The van der Waals surface area contributed by atoms with Crippen LogP contribution in [0.1, 0.15) is 16.2 Å². The van der Waals surface area contributed by atoms with Gasteiger partial charge in [0.25, 0.3) is 0 Å². The number of hydrogen-bond donors (Lipinski definition) is 0. The molecule has 0 amide bonds. The molecule has 0 aliphatic carbocycles. The van der Waals surface area contributed by atoms with E-state index in [0.717, 1.165) is 11.3 Å². The van der Waals surface area contributed by atoms with E-state index in [1.807, 2.05) is 18.5 Å². The molecule has 0 saturated heterocycles. The first-order chi connectivity index (χ1) is 9.08. The van der Waals surface area contributed by atoms with Crippen molar-refractivity contribution in [1.82, 2.24) is 9.55 Å². The van der Waals surface area contributed by atoms with E-state index < -0.39 is 5.97 Å². The molecule has 1 heterocycles. The van der Waals surface area contributed by atoms with Crippen molar-refractivity contribution in [2.24, 2.45) is 7.05 Å². The van der Waals surface area contributed by atoms with Crippen molar-refractivity contribution >= 4 is 23.3 Å². The third-order valence-corrected chi connectivity index (χ3v) is 2.91. The SMILES string of the molecule is COC(=O)c1cc(OCC=O)cc2c1nc(C)n2C. The molecule has 0 aliphatic rings. The molecule has 19 heavy (non-hydrogen) atoms. The first-order valence-corrected chi connectivity index (χ1v) is 5.70. The number of fused-ring (bicyclic) bond motifs is 1. The Bertz CT molecular complexity index is 646. The molecule has 1 aromatic heterocycles. The maximum atomic E-state index is 11.8. The lowest BCUT2D eigenvalue weighted by atomic mass is 10.1. The molecular weight excluding hydrogens is 248 g/mol. The van der Waals surface area contributed by atoms with E-state index in [1.165, 1.54) is 13.2 Å². The molecule has 2 aromatic rings. The highest BCUT2D eigenvalue weighted by atomic mass is 16.5. The Hall–Kier alpha value is -2.37. The minimum absolute atomic E-state index is 0.0665. The standard InChI is InChI=1S/C13H14N2O4/c1-8-14-12-10(13(17)18-3)6-9(19-5-4-16)7-11(12)15(8)2/h4,6-7H,5H2,1-3H3. The fraction of sp³-hybridized carbons (Fsp3) is 0.308. The zero-order valence-corrected chi connectivity index (χ0v) is 11.0. The summed E-state index contributed by atoms with van der Waals surface area (Å²) < 4.78 is 11.8. The van der Waals surface area contributed by atoms with Gasteiger partial charge in [-0.2, -0.15) is 0 Å². The van der Waals surface area contributed by atoms with Crippen molar-refractivity contribution < 1.29 is 19.1 Å². The predicted molar refractivity (Wildman–Crippen MR) is 68.3 cm³/mol. The molecule has 0 radical (unpaired) electrons. The molecule has 0 fully saturated rings. The maximum Gasteiger partial charge on any atom is 0.340 e. The number of benzene rings is 1. The van der Waals surface area contributed by atoms with Crippen molar-refractivity contribution in [3.05, 3.63) is 23.5 Å². The number of carbonyl (C=O) groups is 2. The molecule has 0 saturated carbocycles. The quantitative estimate of drug-likeness (QED) is 0.612. The number of aromatic nitrogens is 2. The largest absolute Gasteiger partial charge is 0.486 e. The molecule has 0 atom stereocenters. The number of rotatable bonds is 4. The number of carbonyl (C=O) groups excluding carboxylic acids is 2. The van der Waals surface area contributed by atoms with Crippen LogP contribution in [0.25, 0.3) is 11.0 Å². The molecule has 0 spiro atoms. The van der Waals surface area contributed by atoms with Gasteiger partial charge in [-0.15, -0.1) is 0 Å². The van der Waals surface area contributed by atoms with Crippen LogP contribution >= 0.6 is 0 Å². The van der Waals surface area contributed by atoms with Crippen molar-refractivity contribution in [3.63, 3.8) is 0 Å². The van der Waals surface area contributed by atoms with Crippen LogP contribution in [-0.2, 0) is 16.6 Å². The van der Waals surface area contributed by atoms with Gasteiger partial charge in [-0.1, -0.05) is 0 Å². The number of nitrogens with zero attached hydrogens (tertiary/aromatic N) is 2. The molecule has 0 bridgehead atoms. The molecule has 6 nitrogen and oxygen atoms in total. The number of esters is 1. The number of aldehydes is 1. The highest BCUT2D eigenvalue weighted by molar-refractivity contribution is 6.02. The summed E-state index contributed by atoms with van der Waals surface area (Å²) in [6, 6.07) is 3.27. The zero-order chi connectivity index (χ0) is 14.0. The lowest BCUT2D eigenvalue weighted by Gasteiger charge is -2.06. The van der Waals surface area contributed by atoms with Crippen molar-refractivity contribution in [3.8, 4) is 5.75 Å². The summed E-state index contributed by atoms with van der Waals surface area (Å²) in [6.45, 7) is 1.77. The first kappa shape index (κ1) is 13.1. The number of ether oxygens (including phenoxy) is 2. The molecule has 2 rings (SSSR count). The molecule has 1 aromatic carbocycles. The molecule has 6 heteroatoms. The summed E-state index contributed by atoms with van der Waals surface area (Å²) in [7, 11) is 3.15. The van der Waals surface area contributed by atoms with Gasteiger partial charge in [0.2, 0.25) is 0 Å². The molecule has 0 aliphatic heterocycles. The van der Waals surface area contributed by atoms with Gasteiger partial charge in [0.05, 0.1) is 18.2 Å². The van der Waals surface area contributed by atoms with Crippen LogP contribution in [0.15, 0.2) is 12.1 Å². The molecule has 0 unspecified atom stereocenters. The maximum absolute atomic E-state index is 11.8. The first-order valence-electron chi connectivity index (χ1n) is 5.70. The van der Waals surface area contributed by atoms with E-state index in [2.05, 4.69) is 4.98 Å². The molecule has 0 N–H and O–H groups in total. The van der Waals surface area contributed by atoms with E-state index >= 15 is 0 Å². The summed E-state index contributed by atoms with van der Waals surface area (Å²) in [5, 5.41) is 0. The fourth-order valence-electron chi connectivity index (χ4n) is 1.86. The van der Waals surface area contributed by atoms with Gasteiger partial charge in [0.1, 0.15) is 23.7 Å². The topological polar surface area (TPSA) is 70.4 Å². The van der Waals surface area contributed by atoms with Crippen molar-refractivity contribution in [2.75, 3.05) is 13.7 Å². The third kappa shape index (κ3) is 2.29. The Kier molecular flexibility index (Phi) is 3.50. The van der Waals surface area contributed by atoms with E-state index in [1.54, 1.807) is 6.07 Å². The van der Waals surface area contributed by atoms with E-state index in [-0.39, 0.29) is 6.61 Å². The van der Waals surface area contributed by atoms with E-state index in [4.69, 9.17) is 9.47 Å². The lowest BCUT2D eigenvalue weighted by molar-refractivity contribution is -0.109. The van der Waals surface area contributed by atoms with Gasteiger partial charge < -0.3 is 14.0 Å². The Morgan fingerprint density at radius 2 is 2.21 bits per heavy atom. The van der Waals surface area contributed by atoms with Crippen LogP contribution in [0.4, 0.5) is 0 Å². The Morgan fingerprint density at radius 1 is 1.47 bits per heavy atom. The highest BCUT2D eigenvalue weighted by Crippen LogP contribution is 2.26. The lowest BCUT2D eigenvalue weighted by Crippen LogP contribution is -2.05. The Morgan fingerprint density at radius 3 is 2.84 bits per heavy atom. The zero-order valence-electron chi connectivity index (χ0n) is 11.0.